The van der Waals surface area contributed by atoms with E-state index in [2.05, 4.69) is 106 Å². The highest BCUT2D eigenvalue weighted by Gasteiger charge is 2.27. The molecule has 0 unspecified atom stereocenters. The van der Waals surface area contributed by atoms with E-state index in [1.54, 1.807) is 0 Å². The minimum Gasteiger partial charge on any atom is -0.364 e. The Labute approximate surface area is 163 Å². The van der Waals surface area contributed by atoms with Gasteiger partial charge in [0.1, 0.15) is 17.2 Å². The molecule has 0 spiro atoms. The van der Waals surface area contributed by atoms with E-state index >= 15 is 0 Å². The van der Waals surface area contributed by atoms with Crippen molar-refractivity contribution in [1.29, 1.82) is 0 Å². The summed E-state index contributed by atoms with van der Waals surface area (Å²) in [5, 5.41) is 3.77. The standard InChI is InChI=1S/C24H31N3/c1-18-14-15-27-21(16-18)25-20(13-12-19-10-8-7-9-11-19)22(27)26-24(5,6)17-23(2,3)4/h7-16,26H,17H2,1-6H3. The van der Waals surface area contributed by atoms with Gasteiger partial charge in [0, 0.05) is 11.7 Å². The summed E-state index contributed by atoms with van der Waals surface area (Å²) in [4.78, 5) is 4.88. The summed E-state index contributed by atoms with van der Waals surface area (Å²) in [6.45, 7) is 13.5. The lowest BCUT2D eigenvalue weighted by Gasteiger charge is -2.34. The molecule has 3 rings (SSSR count). The molecule has 0 fully saturated rings. The van der Waals surface area contributed by atoms with E-state index in [0.29, 0.717) is 0 Å². The van der Waals surface area contributed by atoms with Gasteiger partial charge >= 0.3 is 0 Å². The van der Waals surface area contributed by atoms with Crippen LogP contribution in [0, 0.1) is 12.3 Å². The minimum atomic E-state index is -0.0472. The van der Waals surface area contributed by atoms with Crippen LogP contribution in [-0.2, 0) is 0 Å². The number of fused-ring (bicyclic) bond motifs is 1. The highest BCUT2D eigenvalue weighted by molar-refractivity contribution is 5.76. The molecule has 142 valence electrons. The van der Waals surface area contributed by atoms with Crippen LogP contribution in [0.4, 0.5) is 5.82 Å². The van der Waals surface area contributed by atoms with Crippen LogP contribution in [0.15, 0.2) is 48.7 Å². The average molecular weight is 362 g/mol. The van der Waals surface area contributed by atoms with E-state index in [4.69, 9.17) is 4.98 Å². The zero-order chi connectivity index (χ0) is 19.7. The van der Waals surface area contributed by atoms with Gasteiger partial charge in [-0.25, -0.2) is 4.98 Å². The molecule has 27 heavy (non-hydrogen) atoms. The van der Waals surface area contributed by atoms with E-state index < -0.39 is 0 Å². The van der Waals surface area contributed by atoms with Gasteiger partial charge in [-0.1, -0.05) is 57.2 Å². The Hall–Kier alpha value is -2.55. The molecule has 0 atom stereocenters. The fourth-order valence-electron chi connectivity index (χ4n) is 3.84. The molecule has 1 aromatic carbocycles. The van der Waals surface area contributed by atoms with Crippen molar-refractivity contribution in [2.75, 3.05) is 5.32 Å². The normalized spacial score (nSPS) is 12.8. The highest BCUT2D eigenvalue weighted by Crippen LogP contribution is 2.32. The maximum Gasteiger partial charge on any atom is 0.139 e. The van der Waals surface area contributed by atoms with E-state index in [1.165, 1.54) is 11.1 Å². The van der Waals surface area contributed by atoms with Crippen LogP contribution in [0.3, 0.4) is 0 Å². The Morgan fingerprint density at radius 2 is 1.70 bits per heavy atom. The molecule has 2 heterocycles. The predicted octanol–water partition coefficient (Wildman–Crippen LogP) is 6.44. The van der Waals surface area contributed by atoms with Crippen molar-refractivity contribution in [3.05, 3.63) is 65.5 Å². The van der Waals surface area contributed by atoms with Gasteiger partial charge in [-0.05, 0) is 61.9 Å². The lowest BCUT2D eigenvalue weighted by atomic mass is 9.82. The van der Waals surface area contributed by atoms with Crippen LogP contribution in [-0.4, -0.2) is 14.9 Å². The first-order valence-corrected chi connectivity index (χ1v) is 9.63. The SMILES string of the molecule is Cc1ccn2c(NC(C)(C)CC(C)(C)C)c(C=Cc3ccccc3)nc2c1. The van der Waals surface area contributed by atoms with E-state index in [9.17, 15) is 0 Å². The summed E-state index contributed by atoms with van der Waals surface area (Å²) in [5.74, 6) is 1.05. The van der Waals surface area contributed by atoms with Crippen molar-refractivity contribution in [3.8, 4) is 0 Å². The molecule has 0 radical (unpaired) electrons. The molecule has 1 N–H and O–H groups in total. The van der Waals surface area contributed by atoms with Gasteiger partial charge in [-0.15, -0.1) is 0 Å². The third kappa shape index (κ3) is 5.00. The number of nitrogens with zero attached hydrogens (tertiary/aromatic N) is 2. The Balaban J connectivity index is 2.02. The highest BCUT2D eigenvalue weighted by atomic mass is 15.2. The number of aryl methyl sites for hydroxylation is 1. The minimum absolute atomic E-state index is 0.0472. The smallest absolute Gasteiger partial charge is 0.139 e. The number of pyridine rings is 1. The fraction of sp³-hybridized carbons (Fsp3) is 0.375. The van der Waals surface area contributed by atoms with E-state index in [0.717, 1.165) is 23.6 Å². The Kier molecular flexibility index (Phi) is 5.14. The first-order chi connectivity index (χ1) is 12.6. The summed E-state index contributed by atoms with van der Waals surface area (Å²) in [6, 6.07) is 14.6. The summed E-state index contributed by atoms with van der Waals surface area (Å²) in [5.41, 5.74) is 4.52. The zero-order valence-corrected chi connectivity index (χ0v) is 17.4. The first-order valence-electron chi connectivity index (χ1n) is 9.63. The Morgan fingerprint density at radius 3 is 2.37 bits per heavy atom. The van der Waals surface area contributed by atoms with E-state index in [1.807, 2.05) is 6.07 Å². The van der Waals surface area contributed by atoms with Gasteiger partial charge < -0.3 is 5.32 Å². The quantitative estimate of drug-likeness (QED) is 0.566. The Morgan fingerprint density at radius 1 is 1.00 bits per heavy atom. The number of imidazole rings is 1. The molecular weight excluding hydrogens is 330 g/mol. The van der Waals surface area contributed by atoms with Gasteiger partial charge in [0.15, 0.2) is 0 Å². The number of anilines is 1. The van der Waals surface area contributed by atoms with Crippen molar-refractivity contribution in [3.63, 3.8) is 0 Å². The first kappa shape index (κ1) is 19.2. The number of hydrogen-bond donors (Lipinski definition) is 1. The number of benzene rings is 1. The monoisotopic (exact) mass is 361 g/mol. The lowest BCUT2D eigenvalue weighted by molar-refractivity contribution is 0.302. The summed E-state index contributed by atoms with van der Waals surface area (Å²) in [6.07, 6.45) is 7.39. The maximum absolute atomic E-state index is 4.88. The van der Waals surface area contributed by atoms with E-state index in [-0.39, 0.29) is 11.0 Å². The van der Waals surface area contributed by atoms with Crippen LogP contribution in [0.25, 0.3) is 17.8 Å². The molecule has 3 nitrogen and oxygen atoms in total. The van der Waals surface area contributed by atoms with Crippen LogP contribution in [0.5, 0.6) is 0 Å². The topological polar surface area (TPSA) is 29.3 Å². The molecule has 0 aliphatic carbocycles. The lowest BCUT2D eigenvalue weighted by Crippen LogP contribution is -2.36. The fourth-order valence-corrected chi connectivity index (χ4v) is 3.84. The van der Waals surface area contributed by atoms with Crippen LogP contribution in [0.1, 0.15) is 57.9 Å². The molecular formula is C24H31N3. The Bertz CT molecular complexity index is 941. The number of rotatable bonds is 5. The van der Waals surface area contributed by atoms with Gasteiger partial charge in [-0.3, -0.25) is 4.40 Å². The average Bonchev–Trinajstić information content (AvgIpc) is 2.87. The second-order valence-corrected chi connectivity index (χ2v) is 9.27. The molecule has 0 saturated carbocycles. The zero-order valence-electron chi connectivity index (χ0n) is 17.4. The van der Waals surface area contributed by atoms with Crippen molar-refractivity contribution >= 4 is 23.6 Å². The molecule has 0 amide bonds. The van der Waals surface area contributed by atoms with Gasteiger partial charge in [0.2, 0.25) is 0 Å². The number of hydrogen-bond acceptors (Lipinski definition) is 2. The second kappa shape index (κ2) is 7.22. The molecule has 0 aliphatic rings. The van der Waals surface area contributed by atoms with Crippen LogP contribution >= 0.6 is 0 Å². The van der Waals surface area contributed by atoms with Crippen molar-refractivity contribution in [2.24, 2.45) is 5.41 Å². The molecule has 3 aromatic rings. The summed E-state index contributed by atoms with van der Waals surface area (Å²) in [7, 11) is 0. The molecule has 0 bridgehead atoms. The third-order valence-electron chi connectivity index (χ3n) is 4.47. The maximum atomic E-state index is 4.88. The largest absolute Gasteiger partial charge is 0.364 e. The van der Waals surface area contributed by atoms with Gasteiger partial charge in [-0.2, -0.15) is 0 Å². The second-order valence-electron chi connectivity index (χ2n) is 9.27. The molecule has 0 aliphatic heterocycles. The van der Waals surface area contributed by atoms with Gasteiger partial charge in [0.05, 0.1) is 0 Å². The molecule has 3 heteroatoms. The van der Waals surface area contributed by atoms with Crippen molar-refractivity contribution in [1.82, 2.24) is 9.38 Å². The van der Waals surface area contributed by atoms with Gasteiger partial charge in [0.25, 0.3) is 0 Å². The number of nitrogens with one attached hydrogen (secondary N) is 1. The molecule has 0 saturated heterocycles. The third-order valence-corrected chi connectivity index (χ3v) is 4.47. The number of aromatic nitrogens is 2. The van der Waals surface area contributed by atoms with Crippen LogP contribution in [0.2, 0.25) is 0 Å². The summed E-state index contributed by atoms with van der Waals surface area (Å²) >= 11 is 0. The predicted molar refractivity (Wildman–Crippen MR) is 117 cm³/mol. The van der Waals surface area contributed by atoms with Crippen LogP contribution < -0.4 is 5.32 Å². The van der Waals surface area contributed by atoms with Crippen molar-refractivity contribution in [2.45, 2.75) is 53.5 Å². The summed E-state index contributed by atoms with van der Waals surface area (Å²) < 4.78 is 2.15. The molecule has 2 aromatic heterocycles. The van der Waals surface area contributed by atoms with Crippen molar-refractivity contribution < 1.29 is 0 Å².